The number of likely N-dealkylation sites (N-methyl/N-ethyl adjacent to an activating group) is 1. The van der Waals surface area contributed by atoms with Crippen molar-refractivity contribution in [3.8, 4) is 5.75 Å². The molecule has 1 aromatic rings. The molecule has 0 bridgehead atoms. The quantitative estimate of drug-likeness (QED) is 0.786. The second-order valence-electron chi connectivity index (χ2n) is 5.74. The molecule has 0 aliphatic carbocycles. The zero-order valence-electron chi connectivity index (χ0n) is 13.3. The van der Waals surface area contributed by atoms with Crippen molar-refractivity contribution in [3.05, 3.63) is 42.0 Å². The lowest BCUT2D eigenvalue weighted by molar-refractivity contribution is -0.132. The predicted molar refractivity (Wildman–Crippen MR) is 84.2 cm³/mol. The summed E-state index contributed by atoms with van der Waals surface area (Å²) in [5.74, 6) is 0.551. The smallest absolute Gasteiger partial charge is 0.260 e. The molecular weight excluding hydrogens is 266 g/mol. The molecule has 4 nitrogen and oxygen atoms in total. The molecule has 0 aliphatic heterocycles. The summed E-state index contributed by atoms with van der Waals surface area (Å²) in [6.45, 7) is 12.3. The highest BCUT2D eigenvalue weighted by atomic mass is 16.5. The number of hydrogen-bond donors (Lipinski definition) is 1. The standard InChI is InChI=1S/C17H25NO3/c1-6-18(11-13(2)3)16(19)12-21-15-9-7-14(8-10-15)17(4,5)20/h7-10,20H,2,6,11-12H2,1,3-5H3. The molecule has 0 aromatic heterocycles. The summed E-state index contributed by atoms with van der Waals surface area (Å²) in [5, 5.41) is 9.88. The van der Waals surface area contributed by atoms with Crippen LogP contribution in [0, 0.1) is 0 Å². The molecule has 1 aromatic carbocycles. The second kappa shape index (κ2) is 7.27. The summed E-state index contributed by atoms with van der Waals surface area (Å²) >= 11 is 0. The number of carbonyl (C=O) groups is 1. The molecule has 0 saturated heterocycles. The van der Waals surface area contributed by atoms with E-state index in [1.807, 2.05) is 13.8 Å². The van der Waals surface area contributed by atoms with Crippen molar-refractivity contribution in [1.82, 2.24) is 4.90 Å². The van der Waals surface area contributed by atoms with Gasteiger partial charge >= 0.3 is 0 Å². The van der Waals surface area contributed by atoms with Crippen LogP contribution in [0.2, 0.25) is 0 Å². The van der Waals surface area contributed by atoms with Gasteiger partial charge in [0.05, 0.1) is 5.60 Å². The van der Waals surface area contributed by atoms with Gasteiger partial charge in [-0.05, 0) is 45.4 Å². The molecule has 0 fully saturated rings. The minimum atomic E-state index is -0.880. The largest absolute Gasteiger partial charge is 0.484 e. The van der Waals surface area contributed by atoms with Crippen molar-refractivity contribution in [2.24, 2.45) is 0 Å². The van der Waals surface area contributed by atoms with Crippen molar-refractivity contribution in [1.29, 1.82) is 0 Å². The molecule has 0 radical (unpaired) electrons. The molecule has 1 rings (SSSR count). The molecule has 1 amide bonds. The van der Waals surface area contributed by atoms with Crippen molar-refractivity contribution >= 4 is 5.91 Å². The summed E-state index contributed by atoms with van der Waals surface area (Å²) in [6.07, 6.45) is 0. The van der Waals surface area contributed by atoms with Gasteiger partial charge in [0.2, 0.25) is 0 Å². The van der Waals surface area contributed by atoms with E-state index in [-0.39, 0.29) is 12.5 Å². The van der Waals surface area contributed by atoms with E-state index in [1.165, 1.54) is 0 Å². The molecule has 21 heavy (non-hydrogen) atoms. The van der Waals surface area contributed by atoms with Gasteiger partial charge in [0, 0.05) is 13.1 Å². The maximum absolute atomic E-state index is 12.0. The van der Waals surface area contributed by atoms with Crippen LogP contribution < -0.4 is 4.74 Å². The van der Waals surface area contributed by atoms with E-state index in [0.29, 0.717) is 18.8 Å². The summed E-state index contributed by atoms with van der Waals surface area (Å²) < 4.78 is 5.50. The molecule has 4 heteroatoms. The van der Waals surface area contributed by atoms with Gasteiger partial charge in [0.15, 0.2) is 6.61 Å². The highest BCUT2D eigenvalue weighted by molar-refractivity contribution is 5.78. The summed E-state index contributed by atoms with van der Waals surface area (Å²) in [6, 6.07) is 7.11. The summed E-state index contributed by atoms with van der Waals surface area (Å²) in [4.78, 5) is 13.7. The van der Waals surface area contributed by atoms with Gasteiger partial charge in [0.1, 0.15) is 5.75 Å². The Bertz CT molecular complexity index is 486. The normalized spacial score (nSPS) is 11.1. The first kappa shape index (κ1) is 17.2. The zero-order valence-corrected chi connectivity index (χ0v) is 13.3. The van der Waals surface area contributed by atoms with Gasteiger partial charge in [0.25, 0.3) is 5.91 Å². The fraction of sp³-hybridized carbons (Fsp3) is 0.471. The molecule has 0 aliphatic rings. The van der Waals surface area contributed by atoms with Gasteiger partial charge < -0.3 is 14.7 Å². The van der Waals surface area contributed by atoms with Crippen molar-refractivity contribution in [2.75, 3.05) is 19.7 Å². The van der Waals surface area contributed by atoms with Crippen LogP contribution in [0.15, 0.2) is 36.4 Å². The maximum atomic E-state index is 12.0. The van der Waals surface area contributed by atoms with E-state index in [1.54, 1.807) is 43.0 Å². The fourth-order valence-electron chi connectivity index (χ4n) is 1.90. The Morgan fingerprint density at radius 2 is 1.90 bits per heavy atom. The van der Waals surface area contributed by atoms with Gasteiger partial charge in [-0.1, -0.05) is 24.3 Å². The zero-order chi connectivity index (χ0) is 16.0. The van der Waals surface area contributed by atoms with Gasteiger partial charge in [-0.3, -0.25) is 4.79 Å². The van der Waals surface area contributed by atoms with Crippen LogP contribution >= 0.6 is 0 Å². The lowest BCUT2D eigenvalue weighted by Crippen LogP contribution is -2.35. The number of aliphatic hydroxyl groups is 1. The van der Waals surface area contributed by atoms with Crippen LogP contribution in [0.3, 0.4) is 0 Å². The van der Waals surface area contributed by atoms with E-state index in [4.69, 9.17) is 4.74 Å². The first-order chi connectivity index (χ1) is 9.74. The molecule has 0 unspecified atom stereocenters. The Hall–Kier alpha value is -1.81. The number of benzene rings is 1. The Morgan fingerprint density at radius 3 is 2.33 bits per heavy atom. The van der Waals surface area contributed by atoms with E-state index in [2.05, 4.69) is 6.58 Å². The molecular formula is C17H25NO3. The average Bonchev–Trinajstić information content (AvgIpc) is 2.41. The van der Waals surface area contributed by atoms with Crippen LogP contribution in [0.1, 0.15) is 33.3 Å². The monoisotopic (exact) mass is 291 g/mol. The minimum absolute atomic E-state index is 0.00296. The highest BCUT2D eigenvalue weighted by Crippen LogP contribution is 2.22. The third kappa shape index (κ3) is 5.60. The molecule has 0 atom stereocenters. The van der Waals surface area contributed by atoms with Gasteiger partial charge in [-0.2, -0.15) is 0 Å². The number of carbonyl (C=O) groups excluding carboxylic acids is 1. The first-order valence-electron chi connectivity index (χ1n) is 7.12. The Labute approximate surface area is 127 Å². The number of ether oxygens (including phenoxy) is 1. The number of rotatable bonds is 7. The van der Waals surface area contributed by atoms with Crippen LogP contribution in [0.4, 0.5) is 0 Å². The average molecular weight is 291 g/mol. The number of hydrogen-bond acceptors (Lipinski definition) is 3. The fourth-order valence-corrected chi connectivity index (χ4v) is 1.90. The lowest BCUT2D eigenvalue weighted by atomic mass is 9.99. The number of amides is 1. The predicted octanol–water partition coefficient (Wildman–Crippen LogP) is 2.72. The third-order valence-electron chi connectivity index (χ3n) is 3.12. The Morgan fingerprint density at radius 1 is 1.33 bits per heavy atom. The third-order valence-corrected chi connectivity index (χ3v) is 3.12. The Balaban J connectivity index is 2.58. The topological polar surface area (TPSA) is 49.8 Å². The highest BCUT2D eigenvalue weighted by Gasteiger charge is 2.16. The van der Waals surface area contributed by atoms with Crippen molar-refractivity contribution in [2.45, 2.75) is 33.3 Å². The summed E-state index contributed by atoms with van der Waals surface area (Å²) in [7, 11) is 0. The molecule has 0 spiro atoms. The number of nitrogens with zero attached hydrogens (tertiary/aromatic N) is 1. The van der Waals surface area contributed by atoms with Crippen LogP contribution in [0.5, 0.6) is 5.75 Å². The lowest BCUT2D eigenvalue weighted by Gasteiger charge is -2.21. The van der Waals surface area contributed by atoms with Crippen molar-refractivity contribution < 1.29 is 14.6 Å². The van der Waals surface area contributed by atoms with E-state index >= 15 is 0 Å². The van der Waals surface area contributed by atoms with E-state index in [9.17, 15) is 9.90 Å². The Kier molecular flexibility index (Phi) is 5.97. The minimum Gasteiger partial charge on any atom is -0.484 e. The molecule has 0 saturated carbocycles. The second-order valence-corrected chi connectivity index (χ2v) is 5.74. The first-order valence-corrected chi connectivity index (χ1v) is 7.12. The van der Waals surface area contributed by atoms with E-state index < -0.39 is 5.60 Å². The summed E-state index contributed by atoms with van der Waals surface area (Å²) in [5.41, 5.74) is 0.868. The van der Waals surface area contributed by atoms with Gasteiger partial charge in [-0.15, -0.1) is 0 Å². The maximum Gasteiger partial charge on any atom is 0.260 e. The van der Waals surface area contributed by atoms with Crippen molar-refractivity contribution in [3.63, 3.8) is 0 Å². The molecule has 1 N–H and O–H groups in total. The van der Waals surface area contributed by atoms with Gasteiger partial charge in [-0.25, -0.2) is 0 Å². The van der Waals surface area contributed by atoms with Crippen LogP contribution in [-0.4, -0.2) is 35.6 Å². The molecule has 0 heterocycles. The SMILES string of the molecule is C=C(C)CN(CC)C(=O)COc1ccc(C(C)(C)O)cc1. The van der Waals surface area contributed by atoms with Crippen LogP contribution in [0.25, 0.3) is 0 Å². The molecule has 116 valence electrons. The van der Waals surface area contributed by atoms with E-state index in [0.717, 1.165) is 11.1 Å². The van der Waals surface area contributed by atoms with Crippen LogP contribution in [-0.2, 0) is 10.4 Å².